The maximum atomic E-state index is 12.4. The Morgan fingerprint density at radius 2 is 2.08 bits per heavy atom. The maximum absolute atomic E-state index is 12.4. The first-order valence-electron chi connectivity index (χ1n) is 8.48. The molecule has 3 nitrogen and oxygen atoms in total. The molecular weight excluding hydrogens is 316 g/mol. The zero-order valence-electron chi connectivity index (χ0n) is 14.3. The number of thioether (sulfide) groups is 1. The Bertz CT molecular complexity index is 716. The van der Waals surface area contributed by atoms with E-state index in [2.05, 4.69) is 54.4 Å². The van der Waals surface area contributed by atoms with Crippen molar-refractivity contribution in [2.24, 2.45) is 0 Å². The SMILES string of the molecule is CC[C@@H]1CN(CC(=O)NCc2cccc(C)c2)c2ccccc2S1. The number of fused-ring (bicyclic) bond motifs is 1. The van der Waals surface area contributed by atoms with E-state index >= 15 is 0 Å². The second kappa shape index (κ2) is 7.75. The van der Waals surface area contributed by atoms with E-state index in [0.29, 0.717) is 18.3 Å². The molecule has 3 rings (SSSR count). The van der Waals surface area contributed by atoms with Crippen molar-refractivity contribution in [3.63, 3.8) is 0 Å². The summed E-state index contributed by atoms with van der Waals surface area (Å²) in [6.07, 6.45) is 1.11. The Hall–Kier alpha value is -1.94. The third-order valence-corrected chi connectivity index (χ3v) is 5.70. The molecular formula is C20H24N2OS. The lowest BCUT2D eigenvalue weighted by molar-refractivity contribution is -0.119. The van der Waals surface area contributed by atoms with E-state index in [4.69, 9.17) is 0 Å². The number of hydrogen-bond donors (Lipinski definition) is 1. The van der Waals surface area contributed by atoms with Crippen molar-refractivity contribution in [2.75, 3.05) is 18.0 Å². The van der Waals surface area contributed by atoms with Crippen LogP contribution in [0.3, 0.4) is 0 Å². The topological polar surface area (TPSA) is 32.3 Å². The molecule has 2 aromatic carbocycles. The molecule has 1 N–H and O–H groups in total. The summed E-state index contributed by atoms with van der Waals surface area (Å²) < 4.78 is 0. The number of hydrogen-bond acceptors (Lipinski definition) is 3. The van der Waals surface area contributed by atoms with Crippen LogP contribution in [0.4, 0.5) is 5.69 Å². The predicted molar refractivity (Wildman–Crippen MR) is 102 cm³/mol. The van der Waals surface area contributed by atoms with Gasteiger partial charge in [0.05, 0.1) is 12.2 Å². The highest BCUT2D eigenvalue weighted by Gasteiger charge is 2.25. The second-order valence-electron chi connectivity index (χ2n) is 6.26. The van der Waals surface area contributed by atoms with Crippen LogP contribution in [0.1, 0.15) is 24.5 Å². The molecule has 0 spiro atoms. The van der Waals surface area contributed by atoms with E-state index in [9.17, 15) is 4.79 Å². The summed E-state index contributed by atoms with van der Waals surface area (Å²) in [7, 11) is 0. The van der Waals surface area contributed by atoms with Crippen molar-refractivity contribution in [2.45, 2.75) is 37.0 Å². The largest absolute Gasteiger partial charge is 0.360 e. The Morgan fingerprint density at radius 3 is 2.88 bits per heavy atom. The van der Waals surface area contributed by atoms with Crippen LogP contribution in [-0.4, -0.2) is 24.2 Å². The van der Waals surface area contributed by atoms with Gasteiger partial charge in [0, 0.05) is 23.2 Å². The lowest BCUT2D eigenvalue weighted by Gasteiger charge is -2.34. The van der Waals surface area contributed by atoms with Gasteiger partial charge in [-0.25, -0.2) is 0 Å². The van der Waals surface area contributed by atoms with E-state index in [0.717, 1.165) is 18.5 Å². The summed E-state index contributed by atoms with van der Waals surface area (Å²) in [6, 6.07) is 16.6. The molecule has 24 heavy (non-hydrogen) atoms. The number of anilines is 1. The van der Waals surface area contributed by atoms with Gasteiger partial charge in [-0.3, -0.25) is 4.79 Å². The number of carbonyl (C=O) groups excluding carboxylic acids is 1. The summed E-state index contributed by atoms with van der Waals surface area (Å²) in [6.45, 7) is 6.21. The standard InChI is InChI=1S/C20H24N2OS/c1-3-17-13-22(18-9-4-5-10-19(18)24-17)14-20(23)21-12-16-8-6-7-15(2)11-16/h4-11,17H,3,12-14H2,1-2H3,(H,21,23)/t17-/m1/s1. The van der Waals surface area contributed by atoms with Crippen molar-refractivity contribution in [1.29, 1.82) is 0 Å². The fourth-order valence-electron chi connectivity index (χ4n) is 2.99. The van der Waals surface area contributed by atoms with Crippen LogP contribution in [0.5, 0.6) is 0 Å². The normalized spacial score (nSPS) is 16.6. The molecule has 1 amide bonds. The highest BCUT2D eigenvalue weighted by molar-refractivity contribution is 8.00. The molecule has 1 heterocycles. The first kappa shape index (κ1) is 16.9. The van der Waals surface area contributed by atoms with Crippen LogP contribution in [0.15, 0.2) is 53.4 Å². The van der Waals surface area contributed by atoms with E-state index in [1.54, 1.807) is 0 Å². The summed E-state index contributed by atoms with van der Waals surface area (Å²) >= 11 is 1.93. The molecule has 1 aliphatic heterocycles. The molecule has 0 saturated carbocycles. The molecule has 1 aliphatic rings. The van der Waals surface area contributed by atoms with Crippen LogP contribution in [0.2, 0.25) is 0 Å². The van der Waals surface area contributed by atoms with Crippen LogP contribution in [-0.2, 0) is 11.3 Å². The van der Waals surface area contributed by atoms with Gasteiger partial charge in [-0.1, -0.05) is 48.9 Å². The van der Waals surface area contributed by atoms with Crippen molar-refractivity contribution < 1.29 is 4.79 Å². The Balaban J connectivity index is 1.63. The summed E-state index contributed by atoms with van der Waals surface area (Å²) in [5.74, 6) is 0.0769. The Morgan fingerprint density at radius 1 is 1.25 bits per heavy atom. The Labute approximate surface area is 148 Å². The van der Waals surface area contributed by atoms with Gasteiger partial charge >= 0.3 is 0 Å². The summed E-state index contributed by atoms with van der Waals surface area (Å²) in [4.78, 5) is 15.9. The fourth-order valence-corrected chi connectivity index (χ4v) is 4.25. The summed E-state index contributed by atoms with van der Waals surface area (Å²) in [5.41, 5.74) is 3.54. The minimum Gasteiger partial charge on any atom is -0.360 e. The first-order valence-corrected chi connectivity index (χ1v) is 9.36. The number of carbonyl (C=O) groups is 1. The van der Waals surface area contributed by atoms with Crippen LogP contribution < -0.4 is 10.2 Å². The molecule has 2 aromatic rings. The molecule has 0 bridgehead atoms. The zero-order chi connectivity index (χ0) is 16.9. The quantitative estimate of drug-likeness (QED) is 0.893. The third-order valence-electron chi connectivity index (χ3n) is 4.29. The van der Waals surface area contributed by atoms with Crippen LogP contribution in [0, 0.1) is 6.92 Å². The number of nitrogens with zero attached hydrogens (tertiary/aromatic N) is 1. The van der Waals surface area contributed by atoms with Crippen molar-refractivity contribution in [3.8, 4) is 0 Å². The molecule has 0 fully saturated rings. The lowest BCUT2D eigenvalue weighted by atomic mass is 10.1. The number of rotatable bonds is 5. The molecule has 0 unspecified atom stereocenters. The fraction of sp³-hybridized carbons (Fsp3) is 0.350. The van der Waals surface area contributed by atoms with Gasteiger partial charge in [0.25, 0.3) is 0 Å². The zero-order valence-corrected chi connectivity index (χ0v) is 15.1. The molecule has 1 atom stereocenters. The van der Waals surface area contributed by atoms with E-state index in [1.165, 1.54) is 16.1 Å². The third kappa shape index (κ3) is 4.12. The molecule has 0 aliphatic carbocycles. The van der Waals surface area contributed by atoms with Gasteiger partial charge < -0.3 is 10.2 Å². The van der Waals surface area contributed by atoms with Crippen molar-refractivity contribution in [1.82, 2.24) is 5.32 Å². The van der Waals surface area contributed by atoms with Gasteiger partial charge in [-0.2, -0.15) is 0 Å². The molecule has 126 valence electrons. The minimum atomic E-state index is 0.0769. The number of benzene rings is 2. The molecule has 0 radical (unpaired) electrons. The number of aryl methyl sites for hydroxylation is 1. The second-order valence-corrected chi connectivity index (χ2v) is 7.60. The van der Waals surface area contributed by atoms with Crippen LogP contribution in [0.25, 0.3) is 0 Å². The van der Waals surface area contributed by atoms with Crippen LogP contribution >= 0.6 is 11.8 Å². The van der Waals surface area contributed by atoms with Gasteiger partial charge in [0.1, 0.15) is 0 Å². The predicted octanol–water partition coefficient (Wildman–Crippen LogP) is 4.00. The molecule has 4 heteroatoms. The lowest BCUT2D eigenvalue weighted by Crippen LogP contribution is -2.42. The minimum absolute atomic E-state index is 0.0769. The average Bonchev–Trinajstić information content (AvgIpc) is 2.60. The maximum Gasteiger partial charge on any atom is 0.239 e. The van der Waals surface area contributed by atoms with E-state index in [1.807, 2.05) is 30.0 Å². The molecule has 0 saturated heterocycles. The summed E-state index contributed by atoms with van der Waals surface area (Å²) in [5, 5.41) is 3.60. The smallest absolute Gasteiger partial charge is 0.239 e. The van der Waals surface area contributed by atoms with Crippen molar-refractivity contribution >= 4 is 23.4 Å². The monoisotopic (exact) mass is 340 g/mol. The Kier molecular flexibility index (Phi) is 5.46. The van der Waals surface area contributed by atoms with E-state index < -0.39 is 0 Å². The number of para-hydroxylation sites is 1. The number of nitrogens with one attached hydrogen (secondary N) is 1. The van der Waals surface area contributed by atoms with Gasteiger partial charge in [0.15, 0.2) is 0 Å². The van der Waals surface area contributed by atoms with Gasteiger partial charge in [-0.15, -0.1) is 11.8 Å². The van der Waals surface area contributed by atoms with E-state index in [-0.39, 0.29) is 5.91 Å². The molecule has 0 aromatic heterocycles. The van der Waals surface area contributed by atoms with Crippen molar-refractivity contribution in [3.05, 3.63) is 59.7 Å². The highest BCUT2D eigenvalue weighted by Crippen LogP contribution is 2.39. The first-order chi connectivity index (χ1) is 11.7. The number of amides is 1. The average molecular weight is 340 g/mol. The van der Waals surface area contributed by atoms with Gasteiger partial charge in [0.2, 0.25) is 5.91 Å². The highest BCUT2D eigenvalue weighted by atomic mass is 32.2. The van der Waals surface area contributed by atoms with Gasteiger partial charge in [-0.05, 0) is 31.0 Å².